The molecule has 2 aromatic carbocycles. The van der Waals surface area contributed by atoms with Crippen molar-refractivity contribution in [2.45, 2.75) is 13.5 Å². The molecule has 7 heteroatoms. The second-order valence-electron chi connectivity index (χ2n) is 5.60. The van der Waals surface area contributed by atoms with Crippen LogP contribution in [0.25, 0.3) is 0 Å². The van der Waals surface area contributed by atoms with Gasteiger partial charge in [-0.1, -0.05) is 6.07 Å². The lowest BCUT2D eigenvalue weighted by atomic mass is 10.2. The smallest absolute Gasteiger partial charge is 0.251 e. The number of fused-ring (bicyclic) bond motifs is 1. The molecule has 0 aliphatic carbocycles. The van der Waals surface area contributed by atoms with E-state index in [1.165, 1.54) is 0 Å². The zero-order chi connectivity index (χ0) is 18.4. The van der Waals surface area contributed by atoms with Crippen molar-refractivity contribution < 1.29 is 23.8 Å². The average Bonchev–Trinajstić information content (AvgIpc) is 3.13. The summed E-state index contributed by atoms with van der Waals surface area (Å²) >= 11 is 0. The van der Waals surface area contributed by atoms with Crippen LogP contribution in [0.3, 0.4) is 0 Å². The highest BCUT2D eigenvalue weighted by Gasteiger charge is 2.13. The van der Waals surface area contributed by atoms with E-state index in [1.54, 1.807) is 30.3 Å². The van der Waals surface area contributed by atoms with Gasteiger partial charge in [-0.25, -0.2) is 0 Å². The van der Waals surface area contributed by atoms with E-state index in [-0.39, 0.29) is 25.2 Å². The molecule has 0 atom stereocenters. The summed E-state index contributed by atoms with van der Waals surface area (Å²) in [5.74, 6) is 1.47. The molecule has 2 aromatic rings. The summed E-state index contributed by atoms with van der Waals surface area (Å²) in [6.07, 6.45) is 0. The zero-order valence-corrected chi connectivity index (χ0v) is 14.4. The van der Waals surface area contributed by atoms with E-state index in [0.29, 0.717) is 36.0 Å². The van der Waals surface area contributed by atoms with Gasteiger partial charge in [-0.05, 0) is 48.9 Å². The minimum absolute atomic E-state index is 0.101. The standard InChI is InChI=1S/C19H20N2O5/c1-2-24-15-6-4-14(5-7-15)19(23)21-11-18(22)20-10-13-3-8-16-17(9-13)26-12-25-16/h3-9H,2,10-12H2,1H3,(H,20,22)(H,21,23). The number of hydrogen-bond acceptors (Lipinski definition) is 5. The molecule has 0 aromatic heterocycles. The van der Waals surface area contributed by atoms with E-state index in [0.717, 1.165) is 5.56 Å². The Morgan fingerprint density at radius 3 is 2.58 bits per heavy atom. The largest absolute Gasteiger partial charge is 0.494 e. The van der Waals surface area contributed by atoms with Crippen molar-refractivity contribution >= 4 is 11.8 Å². The fraction of sp³-hybridized carbons (Fsp3) is 0.263. The second-order valence-corrected chi connectivity index (χ2v) is 5.60. The van der Waals surface area contributed by atoms with Gasteiger partial charge in [0.2, 0.25) is 12.7 Å². The van der Waals surface area contributed by atoms with Gasteiger partial charge in [0.25, 0.3) is 5.91 Å². The van der Waals surface area contributed by atoms with Crippen molar-refractivity contribution in [2.75, 3.05) is 19.9 Å². The van der Waals surface area contributed by atoms with Crippen molar-refractivity contribution in [3.8, 4) is 17.2 Å². The van der Waals surface area contributed by atoms with E-state index in [2.05, 4.69) is 10.6 Å². The van der Waals surface area contributed by atoms with Gasteiger partial charge in [-0.3, -0.25) is 9.59 Å². The summed E-state index contributed by atoms with van der Waals surface area (Å²) in [6, 6.07) is 12.2. The highest BCUT2D eigenvalue weighted by Crippen LogP contribution is 2.32. The zero-order valence-electron chi connectivity index (χ0n) is 14.4. The molecular formula is C19H20N2O5. The number of carbonyl (C=O) groups excluding carboxylic acids is 2. The summed E-state index contributed by atoms with van der Waals surface area (Å²) in [7, 11) is 0. The maximum Gasteiger partial charge on any atom is 0.251 e. The molecular weight excluding hydrogens is 336 g/mol. The molecule has 0 saturated carbocycles. The van der Waals surface area contributed by atoms with Crippen LogP contribution in [0.5, 0.6) is 17.2 Å². The average molecular weight is 356 g/mol. The first-order valence-electron chi connectivity index (χ1n) is 8.32. The Morgan fingerprint density at radius 2 is 1.81 bits per heavy atom. The summed E-state index contributed by atoms with van der Waals surface area (Å²) in [5.41, 5.74) is 1.36. The Bertz CT molecular complexity index is 789. The van der Waals surface area contributed by atoms with Crippen LogP contribution >= 0.6 is 0 Å². The minimum atomic E-state index is -0.314. The number of benzene rings is 2. The summed E-state index contributed by atoms with van der Waals surface area (Å²) < 4.78 is 15.9. The summed E-state index contributed by atoms with van der Waals surface area (Å²) in [4.78, 5) is 24.0. The third kappa shape index (κ3) is 4.44. The molecule has 0 spiro atoms. The maximum absolute atomic E-state index is 12.1. The lowest BCUT2D eigenvalue weighted by molar-refractivity contribution is -0.120. The second kappa shape index (κ2) is 8.24. The number of carbonyl (C=O) groups is 2. The first-order valence-corrected chi connectivity index (χ1v) is 8.32. The van der Waals surface area contributed by atoms with Crippen molar-refractivity contribution in [1.29, 1.82) is 0 Å². The van der Waals surface area contributed by atoms with Crippen molar-refractivity contribution in [1.82, 2.24) is 10.6 Å². The van der Waals surface area contributed by atoms with Crippen molar-refractivity contribution in [3.05, 3.63) is 53.6 Å². The summed E-state index contributed by atoms with van der Waals surface area (Å²) in [5, 5.41) is 5.34. The number of ether oxygens (including phenoxy) is 3. The molecule has 1 heterocycles. The third-order valence-electron chi connectivity index (χ3n) is 3.76. The Balaban J connectivity index is 1.44. The Kier molecular flexibility index (Phi) is 5.58. The lowest BCUT2D eigenvalue weighted by Gasteiger charge is -2.08. The van der Waals surface area contributed by atoms with E-state index >= 15 is 0 Å². The molecule has 7 nitrogen and oxygen atoms in total. The molecule has 26 heavy (non-hydrogen) atoms. The van der Waals surface area contributed by atoms with Gasteiger partial charge >= 0.3 is 0 Å². The molecule has 0 unspecified atom stereocenters. The van der Waals surface area contributed by atoms with Crippen LogP contribution in [-0.4, -0.2) is 31.8 Å². The van der Waals surface area contributed by atoms with Gasteiger partial charge in [0.05, 0.1) is 13.2 Å². The van der Waals surface area contributed by atoms with E-state index < -0.39 is 0 Å². The molecule has 0 fully saturated rings. The molecule has 1 aliphatic heterocycles. The van der Waals surface area contributed by atoms with Crippen LogP contribution in [0.4, 0.5) is 0 Å². The SMILES string of the molecule is CCOc1ccc(C(=O)NCC(=O)NCc2ccc3c(c2)OCO3)cc1. The van der Waals surface area contributed by atoms with Crippen LogP contribution in [0, 0.1) is 0 Å². The van der Waals surface area contributed by atoms with Crippen LogP contribution in [-0.2, 0) is 11.3 Å². The minimum Gasteiger partial charge on any atom is -0.494 e. The Hall–Kier alpha value is -3.22. The fourth-order valence-corrected chi connectivity index (χ4v) is 2.45. The monoisotopic (exact) mass is 356 g/mol. The number of rotatable bonds is 7. The van der Waals surface area contributed by atoms with E-state index in [1.807, 2.05) is 19.1 Å². The first kappa shape index (κ1) is 17.6. The van der Waals surface area contributed by atoms with Crippen LogP contribution in [0.2, 0.25) is 0 Å². The Morgan fingerprint density at radius 1 is 1.04 bits per heavy atom. The van der Waals surface area contributed by atoms with Crippen LogP contribution in [0.1, 0.15) is 22.8 Å². The topological polar surface area (TPSA) is 85.9 Å². The number of amides is 2. The Labute approximate surface area is 151 Å². The maximum atomic E-state index is 12.1. The molecule has 3 rings (SSSR count). The molecule has 1 aliphatic rings. The van der Waals surface area contributed by atoms with Crippen molar-refractivity contribution in [3.63, 3.8) is 0 Å². The van der Waals surface area contributed by atoms with Gasteiger partial charge in [-0.2, -0.15) is 0 Å². The summed E-state index contributed by atoms with van der Waals surface area (Å²) in [6.45, 7) is 2.91. The quantitative estimate of drug-likeness (QED) is 0.791. The van der Waals surface area contributed by atoms with Gasteiger partial charge in [0.1, 0.15) is 5.75 Å². The third-order valence-corrected chi connectivity index (χ3v) is 3.76. The predicted molar refractivity (Wildman–Crippen MR) is 94.4 cm³/mol. The van der Waals surface area contributed by atoms with E-state index in [4.69, 9.17) is 14.2 Å². The van der Waals surface area contributed by atoms with Gasteiger partial charge in [0, 0.05) is 12.1 Å². The van der Waals surface area contributed by atoms with E-state index in [9.17, 15) is 9.59 Å². The first-order chi connectivity index (χ1) is 12.7. The molecule has 0 saturated heterocycles. The lowest BCUT2D eigenvalue weighted by Crippen LogP contribution is -2.36. The van der Waals surface area contributed by atoms with Gasteiger partial charge in [-0.15, -0.1) is 0 Å². The number of hydrogen-bond donors (Lipinski definition) is 2. The molecule has 0 bridgehead atoms. The highest BCUT2D eigenvalue weighted by atomic mass is 16.7. The van der Waals surface area contributed by atoms with Crippen molar-refractivity contribution in [2.24, 2.45) is 0 Å². The molecule has 0 radical (unpaired) electrons. The molecule has 2 amide bonds. The van der Waals surface area contributed by atoms with Gasteiger partial charge < -0.3 is 24.8 Å². The predicted octanol–water partition coefficient (Wildman–Crippen LogP) is 1.86. The number of nitrogens with one attached hydrogen (secondary N) is 2. The normalized spacial score (nSPS) is 11.7. The molecule has 136 valence electrons. The molecule has 2 N–H and O–H groups in total. The van der Waals surface area contributed by atoms with Crippen LogP contribution < -0.4 is 24.8 Å². The van der Waals surface area contributed by atoms with Gasteiger partial charge in [0.15, 0.2) is 11.5 Å². The van der Waals surface area contributed by atoms with Crippen LogP contribution in [0.15, 0.2) is 42.5 Å². The fourth-order valence-electron chi connectivity index (χ4n) is 2.45. The highest BCUT2D eigenvalue weighted by molar-refractivity contribution is 5.96.